The third-order valence-corrected chi connectivity index (χ3v) is 4.92. The number of rotatable bonds is 6. The Morgan fingerprint density at radius 3 is 2.54 bits per heavy atom. The minimum Gasteiger partial charge on any atom is -0.462 e. The predicted molar refractivity (Wildman–Crippen MR) is 107 cm³/mol. The molecule has 1 aliphatic heterocycles. The van der Waals surface area contributed by atoms with Gasteiger partial charge in [-0.25, -0.2) is 9.69 Å². The lowest BCUT2D eigenvalue weighted by Gasteiger charge is -2.16. The van der Waals surface area contributed by atoms with Gasteiger partial charge in [0.2, 0.25) is 5.91 Å². The minimum atomic E-state index is -0.649. The van der Waals surface area contributed by atoms with Crippen molar-refractivity contribution < 1.29 is 19.1 Å². The van der Waals surface area contributed by atoms with Gasteiger partial charge in [-0.1, -0.05) is 29.3 Å². The molecule has 1 fully saturated rings. The first-order valence-corrected chi connectivity index (χ1v) is 9.47. The maximum atomic E-state index is 12.7. The molecule has 3 rings (SSSR count). The van der Waals surface area contributed by atoms with Crippen LogP contribution >= 0.6 is 23.2 Å². The van der Waals surface area contributed by atoms with Crippen LogP contribution in [0.25, 0.3) is 0 Å². The molecule has 0 bridgehead atoms. The van der Waals surface area contributed by atoms with Crippen molar-refractivity contribution in [2.45, 2.75) is 25.9 Å². The molecule has 1 atom stereocenters. The van der Waals surface area contributed by atoms with Gasteiger partial charge >= 0.3 is 5.97 Å². The average molecular weight is 421 g/mol. The van der Waals surface area contributed by atoms with Gasteiger partial charge in [-0.2, -0.15) is 0 Å². The Morgan fingerprint density at radius 2 is 1.89 bits per heavy atom. The van der Waals surface area contributed by atoms with Crippen molar-refractivity contribution in [2.75, 3.05) is 11.5 Å². The van der Waals surface area contributed by atoms with Crippen molar-refractivity contribution in [3.63, 3.8) is 0 Å². The smallest absolute Gasteiger partial charge is 0.338 e. The van der Waals surface area contributed by atoms with Gasteiger partial charge in [0.15, 0.2) is 0 Å². The van der Waals surface area contributed by atoms with Crippen LogP contribution in [-0.2, 0) is 20.9 Å². The van der Waals surface area contributed by atoms with Crippen molar-refractivity contribution in [1.82, 2.24) is 5.32 Å². The van der Waals surface area contributed by atoms with Gasteiger partial charge in [-0.3, -0.25) is 9.59 Å². The lowest BCUT2D eigenvalue weighted by molar-refractivity contribution is -0.121. The summed E-state index contributed by atoms with van der Waals surface area (Å²) < 4.78 is 4.93. The van der Waals surface area contributed by atoms with Crippen LogP contribution in [0.5, 0.6) is 0 Å². The molecule has 1 saturated heterocycles. The molecular weight excluding hydrogens is 403 g/mol. The van der Waals surface area contributed by atoms with E-state index >= 15 is 0 Å². The minimum absolute atomic E-state index is 0.0453. The summed E-state index contributed by atoms with van der Waals surface area (Å²) >= 11 is 12.0. The van der Waals surface area contributed by atoms with Crippen LogP contribution in [0, 0.1) is 0 Å². The molecule has 0 spiro atoms. The number of esters is 1. The summed E-state index contributed by atoms with van der Waals surface area (Å²) in [6.45, 7) is 2.32. The van der Waals surface area contributed by atoms with Gasteiger partial charge in [0.05, 0.1) is 30.3 Å². The van der Waals surface area contributed by atoms with E-state index in [1.165, 1.54) is 12.1 Å². The molecule has 6 nitrogen and oxygen atoms in total. The van der Waals surface area contributed by atoms with Crippen LogP contribution in [0.2, 0.25) is 10.0 Å². The SMILES string of the molecule is CCOC(=O)c1ccc(N2C(=O)C[C@@H](NCc3ccc(Cl)cc3Cl)C2=O)cc1. The van der Waals surface area contributed by atoms with Gasteiger partial charge in [0.25, 0.3) is 5.91 Å². The van der Waals surface area contributed by atoms with E-state index < -0.39 is 12.0 Å². The molecule has 146 valence electrons. The molecular formula is C20H18Cl2N2O4. The molecule has 0 radical (unpaired) electrons. The summed E-state index contributed by atoms with van der Waals surface area (Å²) in [6.07, 6.45) is 0.0453. The number of benzene rings is 2. The molecule has 1 heterocycles. The Bertz CT molecular complexity index is 915. The molecule has 0 unspecified atom stereocenters. The zero-order valence-electron chi connectivity index (χ0n) is 15.1. The number of anilines is 1. The lowest BCUT2D eigenvalue weighted by atomic mass is 10.2. The Morgan fingerprint density at radius 1 is 1.18 bits per heavy atom. The molecule has 1 aliphatic rings. The zero-order valence-corrected chi connectivity index (χ0v) is 16.6. The lowest BCUT2D eigenvalue weighted by Crippen LogP contribution is -2.38. The largest absolute Gasteiger partial charge is 0.462 e. The van der Waals surface area contributed by atoms with Crippen LogP contribution in [0.15, 0.2) is 42.5 Å². The number of halogens is 2. The van der Waals surface area contributed by atoms with Gasteiger partial charge in [-0.15, -0.1) is 0 Å². The van der Waals surface area contributed by atoms with E-state index in [1.807, 2.05) is 0 Å². The molecule has 1 N–H and O–H groups in total. The van der Waals surface area contributed by atoms with E-state index in [2.05, 4.69) is 5.32 Å². The quantitative estimate of drug-likeness (QED) is 0.570. The summed E-state index contributed by atoms with van der Waals surface area (Å²) in [4.78, 5) is 37.9. The van der Waals surface area contributed by atoms with Crippen LogP contribution in [0.1, 0.15) is 29.3 Å². The highest BCUT2D eigenvalue weighted by Gasteiger charge is 2.39. The second-order valence-electron chi connectivity index (χ2n) is 6.21. The highest BCUT2D eigenvalue weighted by molar-refractivity contribution is 6.35. The fourth-order valence-electron chi connectivity index (χ4n) is 2.92. The summed E-state index contributed by atoms with van der Waals surface area (Å²) in [6, 6.07) is 10.6. The van der Waals surface area contributed by atoms with Crippen molar-refractivity contribution in [3.8, 4) is 0 Å². The third-order valence-electron chi connectivity index (χ3n) is 4.34. The second-order valence-corrected chi connectivity index (χ2v) is 7.05. The zero-order chi connectivity index (χ0) is 20.3. The molecule has 2 aromatic carbocycles. The van der Waals surface area contributed by atoms with Crippen molar-refractivity contribution in [3.05, 3.63) is 63.6 Å². The number of amides is 2. The van der Waals surface area contributed by atoms with Gasteiger partial charge in [-0.05, 0) is 48.9 Å². The van der Waals surface area contributed by atoms with E-state index in [0.717, 1.165) is 10.5 Å². The molecule has 2 aromatic rings. The normalized spacial score (nSPS) is 16.5. The summed E-state index contributed by atoms with van der Waals surface area (Å²) in [5, 5.41) is 4.09. The van der Waals surface area contributed by atoms with Gasteiger partial charge in [0, 0.05) is 16.6 Å². The molecule has 8 heteroatoms. The van der Waals surface area contributed by atoms with Crippen molar-refractivity contribution in [1.29, 1.82) is 0 Å². The maximum absolute atomic E-state index is 12.7. The van der Waals surface area contributed by atoms with E-state index in [-0.39, 0.29) is 24.8 Å². The fraction of sp³-hybridized carbons (Fsp3) is 0.250. The standard InChI is InChI=1S/C20H18Cl2N2O4/c1-2-28-20(27)12-4-7-15(8-5-12)24-18(25)10-17(19(24)26)23-11-13-3-6-14(21)9-16(13)22/h3-9,17,23H,2,10-11H2,1H3/t17-/m1/s1. The number of hydrogen-bond acceptors (Lipinski definition) is 5. The first-order chi connectivity index (χ1) is 13.4. The maximum Gasteiger partial charge on any atom is 0.338 e. The van der Waals surface area contributed by atoms with Crippen LogP contribution in [-0.4, -0.2) is 30.4 Å². The highest BCUT2D eigenvalue weighted by atomic mass is 35.5. The Hall–Kier alpha value is -2.41. The van der Waals surface area contributed by atoms with Gasteiger partial charge < -0.3 is 10.1 Å². The van der Waals surface area contributed by atoms with E-state index in [9.17, 15) is 14.4 Å². The number of nitrogens with one attached hydrogen (secondary N) is 1. The highest BCUT2D eigenvalue weighted by Crippen LogP contribution is 2.25. The van der Waals surface area contributed by atoms with Crippen molar-refractivity contribution in [2.24, 2.45) is 0 Å². The first-order valence-electron chi connectivity index (χ1n) is 8.72. The van der Waals surface area contributed by atoms with Crippen LogP contribution < -0.4 is 10.2 Å². The fourth-order valence-corrected chi connectivity index (χ4v) is 3.40. The van der Waals surface area contributed by atoms with Crippen LogP contribution in [0.3, 0.4) is 0 Å². The number of imide groups is 1. The Kier molecular flexibility index (Phi) is 6.34. The van der Waals surface area contributed by atoms with E-state index in [1.54, 1.807) is 37.3 Å². The molecule has 0 aromatic heterocycles. The molecule has 2 amide bonds. The predicted octanol–water partition coefficient (Wildman–Crippen LogP) is 3.59. The number of ether oxygens (including phenoxy) is 1. The number of carbonyl (C=O) groups is 3. The molecule has 0 saturated carbocycles. The molecule has 0 aliphatic carbocycles. The summed E-state index contributed by atoms with van der Waals surface area (Å²) in [5.74, 6) is -1.11. The van der Waals surface area contributed by atoms with E-state index in [0.29, 0.717) is 27.8 Å². The molecule has 28 heavy (non-hydrogen) atoms. The number of carbonyl (C=O) groups excluding carboxylic acids is 3. The third kappa shape index (κ3) is 4.35. The first kappa shape index (κ1) is 20.3. The summed E-state index contributed by atoms with van der Waals surface area (Å²) in [7, 11) is 0. The van der Waals surface area contributed by atoms with Gasteiger partial charge in [0.1, 0.15) is 0 Å². The Balaban J connectivity index is 1.68. The second kappa shape index (κ2) is 8.73. The van der Waals surface area contributed by atoms with Crippen molar-refractivity contribution >= 4 is 46.7 Å². The van der Waals surface area contributed by atoms with Crippen LogP contribution in [0.4, 0.5) is 5.69 Å². The monoisotopic (exact) mass is 420 g/mol. The summed E-state index contributed by atoms with van der Waals surface area (Å²) in [5.41, 5.74) is 1.55. The Labute approximate surface area is 172 Å². The topological polar surface area (TPSA) is 75.7 Å². The van der Waals surface area contributed by atoms with E-state index in [4.69, 9.17) is 27.9 Å². The number of nitrogens with zero attached hydrogens (tertiary/aromatic N) is 1. The number of hydrogen-bond donors (Lipinski definition) is 1. The average Bonchev–Trinajstić information content (AvgIpc) is 2.95.